The van der Waals surface area contributed by atoms with Crippen LogP contribution in [0.15, 0.2) is 48.5 Å². The third-order valence-corrected chi connectivity index (χ3v) is 2.45. The second-order valence-electron chi connectivity index (χ2n) is 3.96. The lowest BCUT2D eigenvalue weighted by Crippen LogP contribution is -2.05. The van der Waals surface area contributed by atoms with E-state index >= 15 is 0 Å². The van der Waals surface area contributed by atoms with E-state index in [2.05, 4.69) is 5.32 Å². The van der Waals surface area contributed by atoms with Crippen molar-refractivity contribution in [3.8, 4) is 11.5 Å². The van der Waals surface area contributed by atoms with Crippen LogP contribution in [0.1, 0.15) is 17.3 Å². The summed E-state index contributed by atoms with van der Waals surface area (Å²) in [6, 6.07) is 13.9. The van der Waals surface area contributed by atoms with Gasteiger partial charge in [0.15, 0.2) is 6.29 Å². The highest BCUT2D eigenvalue weighted by molar-refractivity contribution is 5.88. The number of hydrogen-bond donors (Lipinski definition) is 1. The van der Waals surface area contributed by atoms with Crippen LogP contribution in [0.3, 0.4) is 0 Å². The molecular weight excluding hydrogens is 242 g/mol. The number of amides is 1. The van der Waals surface area contributed by atoms with Crippen LogP contribution in [0.25, 0.3) is 0 Å². The lowest BCUT2D eigenvalue weighted by molar-refractivity contribution is -0.114. The monoisotopic (exact) mass is 255 g/mol. The number of anilines is 1. The Morgan fingerprint density at radius 3 is 2.42 bits per heavy atom. The molecule has 0 bridgehead atoms. The molecule has 0 aliphatic heterocycles. The molecule has 96 valence electrons. The van der Waals surface area contributed by atoms with Crippen LogP contribution in [0.4, 0.5) is 5.69 Å². The Balaban J connectivity index is 2.15. The minimum absolute atomic E-state index is 0.125. The fourth-order valence-electron chi connectivity index (χ4n) is 1.61. The van der Waals surface area contributed by atoms with Crippen LogP contribution in [0.2, 0.25) is 0 Å². The van der Waals surface area contributed by atoms with Gasteiger partial charge in [-0.2, -0.15) is 0 Å². The van der Waals surface area contributed by atoms with Crippen molar-refractivity contribution in [2.75, 3.05) is 5.32 Å². The SMILES string of the molecule is CC(=O)Nc1ccc(Oc2ccccc2C=O)cc1. The number of rotatable bonds is 4. The second-order valence-corrected chi connectivity index (χ2v) is 3.96. The summed E-state index contributed by atoms with van der Waals surface area (Å²) >= 11 is 0. The normalized spacial score (nSPS) is 9.74. The number of carbonyl (C=O) groups excluding carboxylic acids is 2. The third-order valence-electron chi connectivity index (χ3n) is 2.45. The van der Waals surface area contributed by atoms with Gasteiger partial charge in [0.2, 0.25) is 5.91 Å². The van der Waals surface area contributed by atoms with Crippen molar-refractivity contribution in [2.24, 2.45) is 0 Å². The van der Waals surface area contributed by atoms with E-state index in [-0.39, 0.29) is 5.91 Å². The minimum Gasteiger partial charge on any atom is -0.457 e. The van der Waals surface area contributed by atoms with E-state index in [0.717, 1.165) is 6.29 Å². The van der Waals surface area contributed by atoms with Crippen LogP contribution in [0, 0.1) is 0 Å². The smallest absolute Gasteiger partial charge is 0.221 e. The molecule has 0 aliphatic carbocycles. The van der Waals surface area contributed by atoms with Crippen molar-refractivity contribution < 1.29 is 14.3 Å². The Morgan fingerprint density at radius 1 is 1.11 bits per heavy atom. The van der Waals surface area contributed by atoms with E-state index in [1.165, 1.54) is 6.92 Å². The van der Waals surface area contributed by atoms with E-state index in [4.69, 9.17) is 4.74 Å². The molecule has 0 radical (unpaired) electrons. The van der Waals surface area contributed by atoms with Crippen molar-refractivity contribution in [3.05, 3.63) is 54.1 Å². The highest BCUT2D eigenvalue weighted by Gasteiger charge is 2.03. The van der Waals surface area contributed by atoms with Gasteiger partial charge in [-0.25, -0.2) is 0 Å². The fraction of sp³-hybridized carbons (Fsp3) is 0.0667. The summed E-state index contributed by atoms with van der Waals surface area (Å²) in [5.41, 5.74) is 1.19. The first-order valence-electron chi connectivity index (χ1n) is 5.79. The van der Waals surface area contributed by atoms with Gasteiger partial charge in [-0.15, -0.1) is 0 Å². The molecule has 0 aromatic heterocycles. The number of nitrogens with one attached hydrogen (secondary N) is 1. The Kier molecular flexibility index (Phi) is 3.93. The summed E-state index contributed by atoms with van der Waals surface area (Å²) in [4.78, 5) is 21.8. The summed E-state index contributed by atoms with van der Waals surface area (Å²) in [7, 11) is 0. The van der Waals surface area contributed by atoms with Gasteiger partial charge < -0.3 is 10.1 Å². The molecule has 2 aromatic rings. The molecule has 0 fully saturated rings. The summed E-state index contributed by atoms with van der Waals surface area (Å²) in [5.74, 6) is 0.980. The quantitative estimate of drug-likeness (QED) is 0.853. The van der Waals surface area contributed by atoms with Gasteiger partial charge in [0, 0.05) is 12.6 Å². The highest BCUT2D eigenvalue weighted by atomic mass is 16.5. The van der Waals surface area contributed by atoms with Gasteiger partial charge in [-0.1, -0.05) is 12.1 Å². The Bertz CT molecular complexity index is 591. The van der Waals surface area contributed by atoms with E-state index in [0.29, 0.717) is 22.7 Å². The molecule has 0 unspecified atom stereocenters. The Labute approximate surface area is 111 Å². The molecule has 4 nitrogen and oxygen atoms in total. The van der Waals surface area contributed by atoms with Crippen molar-refractivity contribution >= 4 is 17.9 Å². The lowest BCUT2D eigenvalue weighted by Gasteiger charge is -2.08. The van der Waals surface area contributed by atoms with Crippen LogP contribution in [0.5, 0.6) is 11.5 Å². The Morgan fingerprint density at radius 2 is 1.79 bits per heavy atom. The largest absolute Gasteiger partial charge is 0.457 e. The molecule has 0 spiro atoms. The van der Waals surface area contributed by atoms with Gasteiger partial charge in [0.05, 0.1) is 5.56 Å². The molecule has 2 rings (SSSR count). The molecule has 2 aromatic carbocycles. The number of ether oxygens (including phenoxy) is 1. The average molecular weight is 255 g/mol. The predicted molar refractivity (Wildman–Crippen MR) is 72.6 cm³/mol. The van der Waals surface area contributed by atoms with Gasteiger partial charge in [-0.3, -0.25) is 9.59 Å². The molecule has 0 saturated carbocycles. The maximum absolute atomic E-state index is 10.9. The number of benzene rings is 2. The van der Waals surface area contributed by atoms with Crippen molar-refractivity contribution in [3.63, 3.8) is 0 Å². The first-order chi connectivity index (χ1) is 9.19. The standard InChI is InChI=1S/C15H13NO3/c1-11(18)16-13-6-8-14(9-7-13)19-15-5-3-2-4-12(15)10-17/h2-10H,1H3,(H,16,18). The molecule has 4 heteroatoms. The average Bonchev–Trinajstić information content (AvgIpc) is 2.41. The van der Waals surface area contributed by atoms with Crippen molar-refractivity contribution in [1.82, 2.24) is 0 Å². The van der Waals surface area contributed by atoms with Crippen LogP contribution in [-0.2, 0) is 4.79 Å². The number of carbonyl (C=O) groups is 2. The van der Waals surface area contributed by atoms with Crippen molar-refractivity contribution in [2.45, 2.75) is 6.92 Å². The zero-order valence-corrected chi connectivity index (χ0v) is 10.4. The van der Waals surface area contributed by atoms with Crippen LogP contribution < -0.4 is 10.1 Å². The number of aldehydes is 1. The number of hydrogen-bond acceptors (Lipinski definition) is 3. The van der Waals surface area contributed by atoms with Gasteiger partial charge in [0.25, 0.3) is 0 Å². The van der Waals surface area contributed by atoms with Crippen molar-refractivity contribution in [1.29, 1.82) is 0 Å². The lowest BCUT2D eigenvalue weighted by atomic mass is 10.2. The molecule has 19 heavy (non-hydrogen) atoms. The van der Waals surface area contributed by atoms with Crippen LogP contribution in [-0.4, -0.2) is 12.2 Å². The first-order valence-corrected chi connectivity index (χ1v) is 5.79. The van der Waals surface area contributed by atoms with Gasteiger partial charge in [-0.05, 0) is 36.4 Å². The molecular formula is C15H13NO3. The highest BCUT2D eigenvalue weighted by Crippen LogP contribution is 2.25. The summed E-state index contributed by atoms with van der Waals surface area (Å²) in [6.45, 7) is 1.45. The maximum Gasteiger partial charge on any atom is 0.221 e. The molecule has 0 atom stereocenters. The fourth-order valence-corrected chi connectivity index (χ4v) is 1.61. The van der Waals surface area contributed by atoms with E-state index in [9.17, 15) is 9.59 Å². The predicted octanol–water partition coefficient (Wildman–Crippen LogP) is 3.25. The summed E-state index contributed by atoms with van der Waals surface area (Å²) < 4.78 is 5.62. The molecule has 1 N–H and O–H groups in total. The van der Waals surface area contributed by atoms with E-state index < -0.39 is 0 Å². The van der Waals surface area contributed by atoms with Gasteiger partial charge in [0.1, 0.15) is 11.5 Å². The molecule has 0 aliphatic rings. The Hall–Kier alpha value is -2.62. The van der Waals surface area contributed by atoms with Gasteiger partial charge >= 0.3 is 0 Å². The minimum atomic E-state index is -0.125. The van der Waals surface area contributed by atoms with Crippen LogP contribution >= 0.6 is 0 Å². The van der Waals surface area contributed by atoms with E-state index in [1.54, 1.807) is 48.5 Å². The third kappa shape index (κ3) is 3.42. The summed E-state index contributed by atoms with van der Waals surface area (Å²) in [6.07, 6.45) is 0.751. The number of para-hydroxylation sites is 1. The zero-order chi connectivity index (χ0) is 13.7. The summed E-state index contributed by atoms with van der Waals surface area (Å²) in [5, 5.41) is 2.67. The molecule has 0 heterocycles. The topological polar surface area (TPSA) is 55.4 Å². The maximum atomic E-state index is 10.9. The first kappa shape index (κ1) is 12.8. The zero-order valence-electron chi connectivity index (χ0n) is 10.4. The van der Waals surface area contributed by atoms with E-state index in [1.807, 2.05) is 0 Å². The molecule has 1 amide bonds. The molecule has 0 saturated heterocycles. The second kappa shape index (κ2) is 5.82.